The molecule has 2 aromatic rings. The Morgan fingerprint density at radius 2 is 1.34 bits per heavy atom. The number of unbranched alkanes of at least 4 members (excludes halogenated alkanes) is 1. The average Bonchev–Trinajstić information content (AvgIpc) is 2.97. The predicted octanol–water partition coefficient (Wildman–Crippen LogP) is 4.22. The molecule has 0 saturated carbocycles. The van der Waals surface area contributed by atoms with Gasteiger partial charge >= 0.3 is 0 Å². The third-order valence-corrected chi connectivity index (χ3v) is 9.06. The zero-order valence-corrected chi connectivity index (χ0v) is 28.3. The number of halogens is 2. The Kier molecular flexibility index (Phi) is 14.4. The first kappa shape index (κ1) is 36.3. The number of nitrogens with zero attached hydrogens (tertiary/aromatic N) is 2. The molecule has 0 aromatic heterocycles. The summed E-state index contributed by atoms with van der Waals surface area (Å²) in [5, 5.41) is 4.66. The minimum absolute atomic E-state index is 0.0761. The first-order chi connectivity index (χ1) is 20.9. The van der Waals surface area contributed by atoms with Crippen molar-refractivity contribution < 1.29 is 9.59 Å². The van der Waals surface area contributed by atoms with Crippen LogP contribution in [0.15, 0.2) is 36.4 Å². The molecule has 244 valence electrons. The molecule has 0 bridgehead atoms. The van der Waals surface area contributed by atoms with E-state index < -0.39 is 12.1 Å². The van der Waals surface area contributed by atoms with Crippen molar-refractivity contribution in [3.63, 3.8) is 0 Å². The molecule has 1 unspecified atom stereocenters. The number of carbonyl (C=O) groups excluding carboxylic acids is 2. The summed E-state index contributed by atoms with van der Waals surface area (Å²) >= 11 is 12.3. The summed E-state index contributed by atoms with van der Waals surface area (Å²) in [5.41, 5.74) is 22.9. The first-order valence-electron chi connectivity index (χ1n) is 15.9. The SMILES string of the molecule is Cc1cc(Cl)ccc1CC(N)C(=O)N1C[C@@H](CC(C)C)N(C(=O)[C@H](N)Cc2ccc(Cl)cc2C)C[C@@H]1CCCCNCCN. The van der Waals surface area contributed by atoms with Gasteiger partial charge in [0.25, 0.3) is 0 Å². The number of aryl methyl sites for hydroxylation is 2. The Labute approximate surface area is 274 Å². The molecule has 0 radical (unpaired) electrons. The molecule has 1 saturated heterocycles. The van der Waals surface area contributed by atoms with Crippen LogP contribution in [0, 0.1) is 19.8 Å². The van der Waals surface area contributed by atoms with E-state index in [-0.39, 0.29) is 23.9 Å². The molecule has 2 amide bonds. The van der Waals surface area contributed by atoms with E-state index in [1.54, 1.807) is 0 Å². The van der Waals surface area contributed by atoms with Crippen LogP contribution in [-0.4, -0.2) is 78.5 Å². The van der Waals surface area contributed by atoms with Crippen LogP contribution >= 0.6 is 23.2 Å². The lowest BCUT2D eigenvalue weighted by Crippen LogP contribution is -2.65. The summed E-state index contributed by atoms with van der Waals surface area (Å²) in [5.74, 6) is 0.179. The van der Waals surface area contributed by atoms with Gasteiger partial charge in [-0.15, -0.1) is 0 Å². The maximum absolute atomic E-state index is 14.0. The fourth-order valence-electron chi connectivity index (χ4n) is 6.19. The van der Waals surface area contributed by atoms with Crippen molar-refractivity contribution in [2.75, 3.05) is 32.7 Å². The van der Waals surface area contributed by atoms with Crippen LogP contribution in [0.2, 0.25) is 10.0 Å². The summed E-state index contributed by atoms with van der Waals surface area (Å²) < 4.78 is 0. The van der Waals surface area contributed by atoms with Crippen LogP contribution in [-0.2, 0) is 22.4 Å². The van der Waals surface area contributed by atoms with E-state index in [9.17, 15) is 9.59 Å². The fourth-order valence-corrected chi connectivity index (χ4v) is 6.64. The smallest absolute Gasteiger partial charge is 0.240 e. The Balaban J connectivity index is 1.82. The molecule has 2 aromatic carbocycles. The lowest BCUT2D eigenvalue weighted by molar-refractivity contribution is -0.149. The molecule has 1 aliphatic rings. The molecular formula is C34H52Cl2N6O2. The quantitative estimate of drug-likeness (QED) is 0.214. The Morgan fingerprint density at radius 1 is 0.841 bits per heavy atom. The Morgan fingerprint density at radius 3 is 1.82 bits per heavy atom. The topological polar surface area (TPSA) is 131 Å². The lowest BCUT2D eigenvalue weighted by atomic mass is 9.92. The number of piperazine rings is 1. The number of carbonyl (C=O) groups is 2. The van der Waals surface area contributed by atoms with Crippen LogP contribution in [0.25, 0.3) is 0 Å². The highest BCUT2D eigenvalue weighted by molar-refractivity contribution is 6.30. The molecule has 0 spiro atoms. The minimum Gasteiger partial charge on any atom is -0.335 e. The summed E-state index contributed by atoms with van der Waals surface area (Å²) in [4.78, 5) is 31.9. The van der Waals surface area contributed by atoms with Crippen molar-refractivity contribution in [1.82, 2.24) is 15.1 Å². The van der Waals surface area contributed by atoms with E-state index in [1.165, 1.54) is 0 Å². The highest BCUT2D eigenvalue weighted by Gasteiger charge is 2.41. The van der Waals surface area contributed by atoms with Gasteiger partial charge in [0.15, 0.2) is 0 Å². The van der Waals surface area contributed by atoms with E-state index in [1.807, 2.05) is 60.0 Å². The zero-order chi connectivity index (χ0) is 32.4. The molecule has 7 N–H and O–H groups in total. The number of nitrogens with one attached hydrogen (secondary N) is 1. The van der Waals surface area contributed by atoms with E-state index in [4.69, 9.17) is 40.4 Å². The van der Waals surface area contributed by atoms with Crippen LogP contribution in [0.4, 0.5) is 0 Å². The summed E-state index contributed by atoms with van der Waals surface area (Å²) in [7, 11) is 0. The van der Waals surface area contributed by atoms with Crippen molar-refractivity contribution in [3.05, 3.63) is 68.7 Å². The normalized spacial score (nSPS) is 18.5. The number of amides is 2. The standard InChI is InChI=1S/C34H52Cl2N6O2/c1-22(2)15-30-21-41(33(43)31(38)18-25-8-10-27(35)16-23(25)3)29(7-5-6-13-40-14-12-37)20-42(30)34(44)32(39)19-26-9-11-28(36)17-24(26)4/h8-11,16-17,22,29-32,40H,5-7,12-15,18-21,37-39H2,1-4H3/t29-,30+,31?,32+/m0/s1. The van der Waals surface area contributed by atoms with Crippen molar-refractivity contribution in [2.45, 2.75) is 90.4 Å². The van der Waals surface area contributed by atoms with E-state index in [0.29, 0.717) is 48.4 Å². The Hall–Kier alpha value is -2.20. The van der Waals surface area contributed by atoms with Gasteiger partial charge in [-0.25, -0.2) is 0 Å². The van der Waals surface area contributed by atoms with Crippen LogP contribution < -0.4 is 22.5 Å². The van der Waals surface area contributed by atoms with Gasteiger partial charge < -0.3 is 32.3 Å². The number of rotatable bonds is 15. The Bertz CT molecular complexity index is 1240. The van der Waals surface area contributed by atoms with Crippen molar-refractivity contribution in [2.24, 2.45) is 23.1 Å². The van der Waals surface area contributed by atoms with Crippen LogP contribution in [0.1, 0.15) is 61.8 Å². The molecule has 4 atom stereocenters. The summed E-state index contributed by atoms with van der Waals surface area (Å²) in [6.07, 6.45) is 4.25. The molecule has 0 aliphatic carbocycles. The number of hydrogen-bond donors (Lipinski definition) is 4. The van der Waals surface area contributed by atoms with Gasteiger partial charge in [-0.05, 0) is 105 Å². The molecule has 1 fully saturated rings. The molecule has 8 nitrogen and oxygen atoms in total. The maximum atomic E-state index is 14.0. The molecule has 3 rings (SSSR count). The monoisotopic (exact) mass is 646 g/mol. The number of nitrogens with two attached hydrogens (primary N) is 3. The van der Waals surface area contributed by atoms with E-state index >= 15 is 0 Å². The lowest BCUT2D eigenvalue weighted by Gasteiger charge is -2.48. The molecule has 10 heteroatoms. The number of hydrogen-bond acceptors (Lipinski definition) is 6. The third kappa shape index (κ3) is 10.4. The van der Waals surface area contributed by atoms with Gasteiger partial charge in [0.05, 0.1) is 12.1 Å². The van der Waals surface area contributed by atoms with Gasteiger partial charge in [-0.1, -0.05) is 55.6 Å². The van der Waals surface area contributed by atoms with Gasteiger partial charge in [0.2, 0.25) is 11.8 Å². The second-order valence-electron chi connectivity index (χ2n) is 12.7. The van der Waals surface area contributed by atoms with Crippen LogP contribution in [0.3, 0.4) is 0 Å². The third-order valence-electron chi connectivity index (χ3n) is 8.59. The van der Waals surface area contributed by atoms with Crippen molar-refractivity contribution in [3.8, 4) is 0 Å². The van der Waals surface area contributed by atoms with E-state index in [2.05, 4.69) is 19.2 Å². The molecule has 44 heavy (non-hydrogen) atoms. The number of benzene rings is 2. The highest BCUT2D eigenvalue weighted by Crippen LogP contribution is 2.27. The fraction of sp³-hybridized carbons (Fsp3) is 0.588. The molecule has 1 aliphatic heterocycles. The van der Waals surface area contributed by atoms with Gasteiger partial charge in [0, 0.05) is 48.3 Å². The second kappa shape index (κ2) is 17.5. The second-order valence-corrected chi connectivity index (χ2v) is 13.6. The minimum atomic E-state index is -0.694. The molecule has 1 heterocycles. The molecular weight excluding hydrogens is 595 g/mol. The van der Waals surface area contributed by atoms with E-state index in [0.717, 1.165) is 61.0 Å². The first-order valence-corrected chi connectivity index (χ1v) is 16.7. The average molecular weight is 648 g/mol. The van der Waals surface area contributed by atoms with Crippen LogP contribution in [0.5, 0.6) is 0 Å². The van der Waals surface area contributed by atoms with Gasteiger partial charge in [-0.3, -0.25) is 9.59 Å². The summed E-state index contributed by atoms with van der Waals surface area (Å²) in [6.45, 7) is 11.4. The van der Waals surface area contributed by atoms with Gasteiger partial charge in [0.1, 0.15) is 0 Å². The predicted molar refractivity (Wildman–Crippen MR) is 182 cm³/mol. The largest absolute Gasteiger partial charge is 0.335 e. The zero-order valence-electron chi connectivity index (χ0n) is 26.8. The summed E-state index contributed by atoms with van der Waals surface area (Å²) in [6, 6.07) is 9.67. The van der Waals surface area contributed by atoms with Crippen molar-refractivity contribution in [1.29, 1.82) is 0 Å². The van der Waals surface area contributed by atoms with Gasteiger partial charge in [-0.2, -0.15) is 0 Å². The maximum Gasteiger partial charge on any atom is 0.240 e. The highest BCUT2D eigenvalue weighted by atomic mass is 35.5. The van der Waals surface area contributed by atoms with Crippen molar-refractivity contribution >= 4 is 35.0 Å².